The maximum atomic E-state index is 3.66. The van der Waals surface area contributed by atoms with Gasteiger partial charge >= 0.3 is 0 Å². The van der Waals surface area contributed by atoms with Crippen molar-refractivity contribution in [1.82, 2.24) is 0 Å². The molecular formula is C43H39N. The van der Waals surface area contributed by atoms with Crippen molar-refractivity contribution in [2.24, 2.45) is 5.92 Å². The largest absolute Gasteiger partial charge is 0.310 e. The lowest BCUT2D eigenvalue weighted by molar-refractivity contribution is 0.616. The third-order valence-electron chi connectivity index (χ3n) is 10.1. The van der Waals surface area contributed by atoms with E-state index < -0.39 is 0 Å². The summed E-state index contributed by atoms with van der Waals surface area (Å²) in [7, 11) is 0. The minimum absolute atomic E-state index is 0.147. The number of nitrogens with zero attached hydrogens (tertiary/aromatic N) is 1. The number of hydrogen-bond donors (Lipinski definition) is 0. The number of hydrogen-bond acceptors (Lipinski definition) is 1. The molecule has 0 radical (unpaired) electrons. The lowest BCUT2D eigenvalue weighted by atomic mass is 9.86. The normalized spacial score (nSPS) is 19.1. The Hall–Kier alpha value is -4.54. The highest BCUT2D eigenvalue weighted by atomic mass is 15.1. The van der Waals surface area contributed by atoms with E-state index in [1.54, 1.807) is 0 Å². The third kappa shape index (κ3) is 4.48. The Balaban J connectivity index is 1.45. The van der Waals surface area contributed by atoms with E-state index in [1.165, 1.54) is 72.0 Å². The summed E-state index contributed by atoms with van der Waals surface area (Å²) in [6, 6.07) is 30.2. The van der Waals surface area contributed by atoms with Crippen molar-refractivity contribution in [3.8, 4) is 11.8 Å². The second-order valence-electron chi connectivity index (χ2n) is 13.2. The standard InChI is InChI=1S/C43H39N/c1-28(2)31-21-23-33(24-22-31)44(42-18-10-17-35-32-12-5-4-11-30(19-20-32)26-41(35)42)43-27-40-36-14-7-6-13-34(36)29(3)25-39(40)37-15-8-9-16-38(37)43/h5,7-10,12,14-18,21-25,27-28,30,32H,4,6,11,13,26H2,1-3H3/b12-5-. The zero-order valence-corrected chi connectivity index (χ0v) is 26.0. The Morgan fingerprint density at radius 2 is 1.59 bits per heavy atom. The van der Waals surface area contributed by atoms with Gasteiger partial charge in [-0.2, -0.15) is 0 Å². The first-order valence-electron chi connectivity index (χ1n) is 16.4. The van der Waals surface area contributed by atoms with Gasteiger partial charge in [0.25, 0.3) is 0 Å². The Bertz CT molecular complexity index is 2040. The van der Waals surface area contributed by atoms with Gasteiger partial charge in [0.15, 0.2) is 0 Å². The van der Waals surface area contributed by atoms with Gasteiger partial charge in [0.2, 0.25) is 0 Å². The van der Waals surface area contributed by atoms with Crippen LogP contribution in [0.15, 0.2) is 97.1 Å². The van der Waals surface area contributed by atoms with Crippen LogP contribution in [0.3, 0.4) is 0 Å². The summed E-state index contributed by atoms with van der Waals surface area (Å²) in [4.78, 5) is 2.56. The van der Waals surface area contributed by atoms with E-state index >= 15 is 0 Å². The van der Waals surface area contributed by atoms with E-state index in [0.717, 1.165) is 32.1 Å². The smallest absolute Gasteiger partial charge is 0.0636 e. The van der Waals surface area contributed by atoms with Crippen LogP contribution in [0.4, 0.5) is 17.1 Å². The molecule has 3 aliphatic carbocycles. The fraction of sp³-hybridized carbons (Fsp3) is 0.256. The molecule has 44 heavy (non-hydrogen) atoms. The highest BCUT2D eigenvalue weighted by Gasteiger charge is 2.27. The van der Waals surface area contributed by atoms with E-state index in [-0.39, 0.29) is 5.92 Å². The van der Waals surface area contributed by atoms with Gasteiger partial charge < -0.3 is 4.90 Å². The molecular weight excluding hydrogens is 530 g/mol. The van der Waals surface area contributed by atoms with Crippen LogP contribution < -0.4 is 4.90 Å². The molecule has 3 aliphatic rings. The molecule has 1 nitrogen and oxygen atoms in total. The molecule has 0 heterocycles. The predicted octanol–water partition coefficient (Wildman–Crippen LogP) is 11.5. The van der Waals surface area contributed by atoms with Gasteiger partial charge in [-0.3, -0.25) is 0 Å². The van der Waals surface area contributed by atoms with Crippen LogP contribution >= 0.6 is 0 Å². The lowest BCUT2D eigenvalue weighted by Gasteiger charge is -2.31. The summed E-state index contributed by atoms with van der Waals surface area (Å²) in [6.45, 7) is 6.83. The fourth-order valence-corrected chi connectivity index (χ4v) is 7.74. The van der Waals surface area contributed by atoms with Gasteiger partial charge in [-0.05, 0) is 119 Å². The van der Waals surface area contributed by atoms with Gasteiger partial charge in [-0.25, -0.2) is 0 Å². The van der Waals surface area contributed by atoms with Crippen molar-refractivity contribution in [1.29, 1.82) is 0 Å². The molecule has 0 aromatic heterocycles. The first kappa shape index (κ1) is 27.0. The van der Waals surface area contributed by atoms with E-state index in [4.69, 9.17) is 0 Å². The maximum Gasteiger partial charge on any atom is 0.0636 e. The second-order valence-corrected chi connectivity index (χ2v) is 13.2. The SMILES string of the molecule is Cc1cc2c(cc(N(c3ccc(C(C)C)cc3)c3cccc4c3CC3C#CC4/C=C\CC3)c3ccccc32)c2c1CCC=C2. The Morgan fingerprint density at radius 3 is 2.43 bits per heavy atom. The van der Waals surface area contributed by atoms with Crippen LogP contribution in [0, 0.1) is 24.7 Å². The van der Waals surface area contributed by atoms with Crippen molar-refractivity contribution in [3.63, 3.8) is 0 Å². The molecule has 0 amide bonds. The monoisotopic (exact) mass is 569 g/mol. The number of allylic oxidation sites excluding steroid dienone is 3. The Labute approximate surface area is 261 Å². The molecule has 216 valence electrons. The molecule has 1 heteroatoms. The van der Waals surface area contributed by atoms with Crippen LogP contribution in [0.1, 0.15) is 78.3 Å². The van der Waals surface area contributed by atoms with Gasteiger partial charge in [0.1, 0.15) is 0 Å². The number of benzene rings is 5. The topological polar surface area (TPSA) is 3.24 Å². The molecule has 2 bridgehead atoms. The first-order chi connectivity index (χ1) is 21.6. The van der Waals surface area contributed by atoms with Crippen LogP contribution in [0.5, 0.6) is 0 Å². The number of anilines is 3. The van der Waals surface area contributed by atoms with E-state index in [9.17, 15) is 0 Å². The van der Waals surface area contributed by atoms with Gasteiger partial charge in [-0.15, -0.1) is 0 Å². The summed E-state index contributed by atoms with van der Waals surface area (Å²) in [5.41, 5.74) is 12.2. The highest BCUT2D eigenvalue weighted by Crippen LogP contribution is 2.47. The molecule has 5 aromatic carbocycles. The number of fused-ring (bicyclic) bond motifs is 9. The van der Waals surface area contributed by atoms with E-state index in [2.05, 4.69) is 141 Å². The molecule has 2 atom stereocenters. The van der Waals surface area contributed by atoms with Crippen LogP contribution in [0.2, 0.25) is 0 Å². The Morgan fingerprint density at radius 1 is 0.750 bits per heavy atom. The third-order valence-corrected chi connectivity index (χ3v) is 10.1. The van der Waals surface area contributed by atoms with Gasteiger partial charge in [-0.1, -0.05) is 105 Å². The van der Waals surface area contributed by atoms with Crippen molar-refractivity contribution >= 4 is 44.7 Å². The van der Waals surface area contributed by atoms with Crippen molar-refractivity contribution in [3.05, 3.63) is 130 Å². The number of aryl methyl sites for hydroxylation is 1. The Kier molecular flexibility index (Phi) is 6.68. The van der Waals surface area contributed by atoms with Crippen LogP contribution in [0.25, 0.3) is 27.6 Å². The summed E-state index contributed by atoms with van der Waals surface area (Å²) >= 11 is 0. The van der Waals surface area contributed by atoms with Crippen molar-refractivity contribution in [2.45, 2.75) is 64.7 Å². The van der Waals surface area contributed by atoms with Gasteiger partial charge in [0.05, 0.1) is 11.6 Å². The molecule has 0 saturated heterocycles. The minimum atomic E-state index is 0.147. The van der Waals surface area contributed by atoms with Crippen molar-refractivity contribution < 1.29 is 0 Å². The van der Waals surface area contributed by atoms with E-state index in [1.807, 2.05) is 0 Å². The highest BCUT2D eigenvalue weighted by molar-refractivity contribution is 6.17. The summed E-state index contributed by atoms with van der Waals surface area (Å²) < 4.78 is 0. The minimum Gasteiger partial charge on any atom is -0.310 e. The molecule has 2 unspecified atom stereocenters. The molecule has 8 rings (SSSR count). The summed E-state index contributed by atoms with van der Waals surface area (Å²) in [5, 5.41) is 5.29. The van der Waals surface area contributed by atoms with Gasteiger partial charge in [0, 0.05) is 22.7 Å². The number of rotatable bonds is 4. The molecule has 0 fully saturated rings. The zero-order chi connectivity index (χ0) is 29.8. The van der Waals surface area contributed by atoms with Crippen molar-refractivity contribution in [2.75, 3.05) is 4.90 Å². The van der Waals surface area contributed by atoms with Crippen LogP contribution in [-0.4, -0.2) is 0 Å². The average Bonchev–Trinajstić information content (AvgIpc) is 3.16. The zero-order valence-electron chi connectivity index (χ0n) is 26.0. The average molecular weight is 570 g/mol. The molecule has 0 saturated carbocycles. The second kappa shape index (κ2) is 10.9. The molecule has 0 N–H and O–H groups in total. The molecule has 0 spiro atoms. The summed E-state index contributed by atoms with van der Waals surface area (Å²) in [6.07, 6.45) is 14.8. The quantitative estimate of drug-likeness (QED) is 0.118. The fourth-order valence-electron chi connectivity index (χ4n) is 7.74. The van der Waals surface area contributed by atoms with Crippen LogP contribution in [-0.2, 0) is 12.8 Å². The predicted molar refractivity (Wildman–Crippen MR) is 188 cm³/mol. The van der Waals surface area contributed by atoms with E-state index in [0.29, 0.717) is 11.8 Å². The lowest BCUT2D eigenvalue weighted by Crippen LogP contribution is -2.16. The first-order valence-corrected chi connectivity index (χ1v) is 16.4. The summed E-state index contributed by atoms with van der Waals surface area (Å²) in [5.74, 6) is 8.31. The maximum absolute atomic E-state index is 3.66. The molecule has 0 aliphatic heterocycles. The molecule has 5 aromatic rings.